The highest BCUT2D eigenvalue weighted by Crippen LogP contribution is 2.43. The van der Waals surface area contributed by atoms with Crippen molar-refractivity contribution >= 4 is 23.6 Å². The molecule has 2 fully saturated rings. The van der Waals surface area contributed by atoms with Crippen LogP contribution in [-0.2, 0) is 20.5 Å². The SMILES string of the molecule is C=CC1OC(/C=C/c2ccccc2)C2C(=O)N(c3ccc(C(F)(F)F)cc3)C(=O)C12. The monoisotopic (exact) mass is 413 g/mol. The van der Waals surface area contributed by atoms with Crippen molar-refractivity contribution in [2.45, 2.75) is 18.4 Å². The van der Waals surface area contributed by atoms with Gasteiger partial charge < -0.3 is 4.74 Å². The Kier molecular flexibility index (Phi) is 5.07. The van der Waals surface area contributed by atoms with Gasteiger partial charge in [-0.05, 0) is 29.8 Å². The van der Waals surface area contributed by atoms with Crippen molar-refractivity contribution in [3.8, 4) is 0 Å². The number of ether oxygens (including phenoxy) is 1. The van der Waals surface area contributed by atoms with Crippen LogP contribution in [0, 0.1) is 11.8 Å². The van der Waals surface area contributed by atoms with Gasteiger partial charge in [-0.2, -0.15) is 13.2 Å². The van der Waals surface area contributed by atoms with Crippen LogP contribution in [-0.4, -0.2) is 24.0 Å². The Bertz CT molecular complexity index is 999. The third-order valence-electron chi connectivity index (χ3n) is 5.38. The van der Waals surface area contributed by atoms with Gasteiger partial charge in [0, 0.05) is 0 Å². The van der Waals surface area contributed by atoms with Crippen molar-refractivity contribution in [1.82, 2.24) is 0 Å². The van der Waals surface area contributed by atoms with E-state index in [2.05, 4.69) is 6.58 Å². The smallest absolute Gasteiger partial charge is 0.365 e. The molecule has 0 saturated carbocycles. The third-order valence-corrected chi connectivity index (χ3v) is 5.38. The van der Waals surface area contributed by atoms with Crippen molar-refractivity contribution in [3.63, 3.8) is 0 Å². The summed E-state index contributed by atoms with van der Waals surface area (Å²) in [5, 5.41) is 0. The van der Waals surface area contributed by atoms with Crippen LogP contribution < -0.4 is 4.90 Å². The first-order valence-electron chi connectivity index (χ1n) is 9.37. The topological polar surface area (TPSA) is 46.6 Å². The van der Waals surface area contributed by atoms with Gasteiger partial charge in [0.15, 0.2) is 0 Å². The zero-order chi connectivity index (χ0) is 21.5. The highest BCUT2D eigenvalue weighted by molar-refractivity contribution is 6.22. The summed E-state index contributed by atoms with van der Waals surface area (Å²) in [6.45, 7) is 3.70. The molecule has 2 aliphatic rings. The van der Waals surface area contributed by atoms with Crippen LogP contribution in [0.15, 0.2) is 73.3 Å². The Balaban J connectivity index is 1.63. The highest BCUT2D eigenvalue weighted by Gasteiger charge is 2.58. The van der Waals surface area contributed by atoms with Crippen molar-refractivity contribution in [1.29, 1.82) is 0 Å². The molecule has 30 heavy (non-hydrogen) atoms. The van der Waals surface area contributed by atoms with Crippen molar-refractivity contribution in [2.75, 3.05) is 4.90 Å². The van der Waals surface area contributed by atoms with Gasteiger partial charge in [-0.15, -0.1) is 6.58 Å². The van der Waals surface area contributed by atoms with Crippen LogP contribution in [0.2, 0.25) is 0 Å². The van der Waals surface area contributed by atoms with Gasteiger partial charge in [-0.25, -0.2) is 4.90 Å². The summed E-state index contributed by atoms with van der Waals surface area (Å²) in [5.74, 6) is -2.51. The van der Waals surface area contributed by atoms with E-state index >= 15 is 0 Å². The minimum atomic E-state index is -4.50. The fourth-order valence-electron chi connectivity index (χ4n) is 3.95. The number of benzene rings is 2. The van der Waals surface area contributed by atoms with Gasteiger partial charge in [0.2, 0.25) is 11.8 Å². The zero-order valence-electron chi connectivity index (χ0n) is 15.8. The summed E-state index contributed by atoms with van der Waals surface area (Å²) < 4.78 is 44.4. The van der Waals surface area contributed by atoms with Crippen molar-refractivity contribution < 1.29 is 27.5 Å². The van der Waals surface area contributed by atoms with E-state index in [1.807, 2.05) is 36.4 Å². The maximum atomic E-state index is 13.1. The van der Waals surface area contributed by atoms with E-state index in [9.17, 15) is 22.8 Å². The zero-order valence-corrected chi connectivity index (χ0v) is 15.8. The molecule has 4 unspecified atom stereocenters. The van der Waals surface area contributed by atoms with E-state index in [1.54, 1.807) is 6.08 Å². The lowest BCUT2D eigenvalue weighted by Gasteiger charge is -2.20. The summed E-state index contributed by atoms with van der Waals surface area (Å²) in [4.78, 5) is 27.1. The molecule has 0 aromatic heterocycles. The predicted octanol–water partition coefficient (Wildman–Crippen LogP) is 4.48. The summed E-state index contributed by atoms with van der Waals surface area (Å²) in [5.41, 5.74) is 0.179. The summed E-state index contributed by atoms with van der Waals surface area (Å²) in [7, 11) is 0. The number of carbonyl (C=O) groups excluding carboxylic acids is 2. The molecule has 0 aliphatic carbocycles. The van der Waals surface area contributed by atoms with Crippen LogP contribution in [0.25, 0.3) is 6.08 Å². The lowest BCUT2D eigenvalue weighted by atomic mass is 9.89. The number of rotatable bonds is 4. The molecule has 0 N–H and O–H groups in total. The third kappa shape index (κ3) is 3.45. The Hall–Kier alpha value is -3.19. The number of hydrogen-bond acceptors (Lipinski definition) is 3. The number of imide groups is 1. The number of alkyl halides is 3. The van der Waals surface area contributed by atoms with E-state index in [4.69, 9.17) is 4.74 Å². The van der Waals surface area contributed by atoms with Gasteiger partial charge in [-0.3, -0.25) is 9.59 Å². The second-order valence-electron chi connectivity index (χ2n) is 7.18. The molecule has 4 rings (SSSR count). The predicted molar refractivity (Wildman–Crippen MR) is 105 cm³/mol. The molecule has 0 spiro atoms. The maximum Gasteiger partial charge on any atom is 0.416 e. The molecule has 0 bridgehead atoms. The van der Waals surface area contributed by atoms with Crippen LogP contribution >= 0.6 is 0 Å². The second kappa shape index (κ2) is 7.57. The summed E-state index contributed by atoms with van der Waals surface area (Å²) in [6.07, 6.45) is -0.770. The molecule has 2 heterocycles. The molecule has 4 atom stereocenters. The van der Waals surface area contributed by atoms with E-state index in [0.29, 0.717) is 0 Å². The number of carbonyl (C=O) groups is 2. The average molecular weight is 413 g/mol. The van der Waals surface area contributed by atoms with Gasteiger partial charge in [0.05, 0.1) is 35.3 Å². The fourth-order valence-corrected chi connectivity index (χ4v) is 3.95. The molecule has 2 aliphatic heterocycles. The lowest BCUT2D eigenvalue weighted by Crippen LogP contribution is -2.35. The standard InChI is InChI=1S/C23H18F3NO3/c1-2-17-19-20(18(30-17)13-8-14-6-4-3-5-7-14)22(29)27(21(19)28)16-11-9-15(10-12-16)23(24,25)26/h2-13,17-20H,1H2/b13-8+. The molecular weight excluding hydrogens is 395 g/mol. The van der Waals surface area contributed by atoms with Crippen LogP contribution in [0.1, 0.15) is 11.1 Å². The lowest BCUT2D eigenvalue weighted by molar-refractivity contribution is -0.137. The number of nitrogens with zero attached hydrogens (tertiary/aromatic N) is 1. The quantitative estimate of drug-likeness (QED) is 0.549. The molecule has 2 aromatic carbocycles. The van der Waals surface area contributed by atoms with Gasteiger partial charge in [0.1, 0.15) is 0 Å². The summed E-state index contributed by atoms with van der Waals surface area (Å²) in [6, 6.07) is 13.4. The first-order valence-corrected chi connectivity index (χ1v) is 9.37. The normalized spacial score (nSPS) is 26.4. The molecule has 154 valence electrons. The van der Waals surface area contributed by atoms with Gasteiger partial charge in [0.25, 0.3) is 0 Å². The maximum absolute atomic E-state index is 13.1. The van der Waals surface area contributed by atoms with E-state index in [-0.39, 0.29) is 5.69 Å². The number of amides is 2. The second-order valence-corrected chi connectivity index (χ2v) is 7.18. The van der Waals surface area contributed by atoms with E-state index in [1.165, 1.54) is 6.08 Å². The molecule has 2 aromatic rings. The largest absolute Gasteiger partial charge is 0.416 e. The first kappa shape index (κ1) is 20.1. The number of hydrogen-bond donors (Lipinski definition) is 0. The Morgan fingerprint density at radius 2 is 1.50 bits per heavy atom. The van der Waals surface area contributed by atoms with E-state index in [0.717, 1.165) is 34.7 Å². The Morgan fingerprint density at radius 3 is 2.07 bits per heavy atom. The van der Waals surface area contributed by atoms with Crippen LogP contribution in [0.3, 0.4) is 0 Å². The van der Waals surface area contributed by atoms with Gasteiger partial charge in [-0.1, -0.05) is 48.6 Å². The van der Waals surface area contributed by atoms with Crippen LogP contribution in [0.4, 0.5) is 18.9 Å². The van der Waals surface area contributed by atoms with Crippen molar-refractivity contribution in [2.24, 2.45) is 11.8 Å². The first-order chi connectivity index (χ1) is 14.3. The highest BCUT2D eigenvalue weighted by atomic mass is 19.4. The average Bonchev–Trinajstić information content (AvgIpc) is 3.23. The minimum absolute atomic E-state index is 0.112. The van der Waals surface area contributed by atoms with Crippen LogP contribution in [0.5, 0.6) is 0 Å². The van der Waals surface area contributed by atoms with Gasteiger partial charge >= 0.3 is 6.18 Å². The fraction of sp³-hybridized carbons (Fsp3) is 0.217. The summed E-state index contributed by atoms with van der Waals surface area (Å²) >= 11 is 0. The molecule has 4 nitrogen and oxygen atoms in total. The van der Waals surface area contributed by atoms with Crippen molar-refractivity contribution in [3.05, 3.63) is 84.5 Å². The molecule has 0 radical (unpaired) electrons. The van der Waals surface area contributed by atoms with E-state index < -0.39 is 47.6 Å². The Morgan fingerprint density at radius 1 is 0.900 bits per heavy atom. The molecule has 2 amide bonds. The number of halogens is 3. The number of anilines is 1. The minimum Gasteiger partial charge on any atom is -0.365 e. The molecule has 2 saturated heterocycles. The molecule has 7 heteroatoms. The Labute approximate surface area is 171 Å². The molecular formula is C23H18F3NO3. The number of fused-ring (bicyclic) bond motifs is 1.